The van der Waals surface area contributed by atoms with Gasteiger partial charge in [0.1, 0.15) is 13.2 Å². The summed E-state index contributed by atoms with van der Waals surface area (Å²) in [5, 5.41) is 13.7. The number of unbranched alkanes of at least 4 members (excludes halogenated alkanes) is 19. The Morgan fingerprint density at radius 3 is 1.66 bits per heavy atom. The van der Waals surface area contributed by atoms with Gasteiger partial charge in [-0.05, 0) is 64.2 Å². The van der Waals surface area contributed by atoms with E-state index in [9.17, 15) is 19.4 Å². The van der Waals surface area contributed by atoms with Gasteiger partial charge in [-0.15, -0.1) is 0 Å². The molecule has 2 N–H and O–H groups in total. The highest BCUT2D eigenvalue weighted by Gasteiger charge is 2.23. The Morgan fingerprint density at radius 1 is 0.660 bits per heavy atom. The number of carbonyl (C=O) groups excluding carboxylic acids is 1. The molecule has 0 aromatic carbocycles. The van der Waals surface area contributed by atoms with E-state index in [1.807, 2.05) is 27.2 Å². The van der Waals surface area contributed by atoms with Crippen molar-refractivity contribution in [2.75, 3.05) is 40.9 Å². The highest BCUT2D eigenvalue weighted by Crippen LogP contribution is 2.38. The van der Waals surface area contributed by atoms with Crippen LogP contribution in [0.3, 0.4) is 0 Å². The van der Waals surface area contributed by atoms with Crippen LogP contribution in [-0.2, 0) is 18.4 Å². The van der Waals surface area contributed by atoms with Crippen LogP contribution < -0.4 is 10.2 Å². The molecule has 53 heavy (non-hydrogen) atoms. The molecule has 0 fully saturated rings. The van der Waals surface area contributed by atoms with Crippen LogP contribution in [-0.4, -0.2) is 68.5 Å². The van der Waals surface area contributed by atoms with Crippen molar-refractivity contribution in [1.29, 1.82) is 0 Å². The van der Waals surface area contributed by atoms with Gasteiger partial charge in [0, 0.05) is 6.42 Å². The molecule has 0 heterocycles. The molecule has 0 radical (unpaired) electrons. The lowest BCUT2D eigenvalue weighted by molar-refractivity contribution is -0.870. The third kappa shape index (κ3) is 38.5. The molecule has 0 bridgehead atoms. The average molecular weight is 767 g/mol. The zero-order valence-electron chi connectivity index (χ0n) is 35.0. The molecule has 0 spiro atoms. The molecule has 3 unspecified atom stereocenters. The van der Waals surface area contributed by atoms with Crippen LogP contribution in [0.1, 0.15) is 174 Å². The third-order valence-electron chi connectivity index (χ3n) is 9.26. The number of allylic oxidation sites excluding steroid dienone is 7. The van der Waals surface area contributed by atoms with E-state index in [2.05, 4.69) is 55.6 Å². The number of aliphatic hydroxyl groups excluding tert-OH is 1. The summed E-state index contributed by atoms with van der Waals surface area (Å²) in [6.45, 7) is 4.57. The van der Waals surface area contributed by atoms with Crippen molar-refractivity contribution in [3.63, 3.8) is 0 Å². The van der Waals surface area contributed by atoms with Crippen molar-refractivity contribution in [2.45, 2.75) is 187 Å². The predicted molar refractivity (Wildman–Crippen MR) is 224 cm³/mol. The zero-order valence-corrected chi connectivity index (χ0v) is 35.8. The Bertz CT molecular complexity index is 1010. The van der Waals surface area contributed by atoms with Crippen LogP contribution in [0.5, 0.6) is 0 Å². The number of amides is 1. The standard InChI is InChI=1S/C44H83N2O6P/c1-6-8-10-12-14-16-18-20-21-22-23-24-26-28-30-32-34-36-38-44(48)45-42(41-52-53(49,50)51-40-39-46(3,4)5)43(47)37-35-33-31-29-27-25-19-17-15-13-11-9-7-2/h16,18,21-22,27,29,35,37,42-43,47H,6-15,17,19-20,23-26,28,30-34,36,38-41H2,1-5H3,(H-,45,48,49,50)/b18-16-,22-21-,29-27+,37-35+. The second-order valence-electron chi connectivity index (χ2n) is 15.7. The fraction of sp³-hybridized carbons (Fsp3) is 0.795. The zero-order chi connectivity index (χ0) is 39.3. The quantitative estimate of drug-likeness (QED) is 0.0280. The summed E-state index contributed by atoms with van der Waals surface area (Å²) in [7, 11) is 1.23. The van der Waals surface area contributed by atoms with Gasteiger partial charge in [-0.2, -0.15) is 0 Å². The molecule has 1 amide bonds. The number of nitrogens with one attached hydrogen (secondary N) is 1. The van der Waals surface area contributed by atoms with Crippen LogP contribution in [0.4, 0.5) is 0 Å². The molecule has 0 aliphatic rings. The molecule has 0 aromatic heterocycles. The van der Waals surface area contributed by atoms with E-state index in [1.165, 1.54) is 96.3 Å². The van der Waals surface area contributed by atoms with Crippen LogP contribution in [0.15, 0.2) is 48.6 Å². The number of likely N-dealkylation sites (N-methyl/N-ethyl adjacent to an activating group) is 1. The van der Waals surface area contributed by atoms with Crippen LogP contribution >= 0.6 is 7.82 Å². The molecule has 9 heteroatoms. The highest BCUT2D eigenvalue weighted by atomic mass is 31.2. The third-order valence-corrected chi connectivity index (χ3v) is 10.2. The van der Waals surface area contributed by atoms with E-state index < -0.39 is 26.6 Å². The van der Waals surface area contributed by atoms with Gasteiger partial charge < -0.3 is 28.8 Å². The minimum Gasteiger partial charge on any atom is -0.756 e. The molecule has 0 aliphatic carbocycles. The number of quaternary nitrogens is 1. The summed E-state index contributed by atoms with van der Waals surface area (Å²) in [6.07, 6.45) is 44.4. The van der Waals surface area contributed by atoms with Crippen molar-refractivity contribution < 1.29 is 32.9 Å². The van der Waals surface area contributed by atoms with Gasteiger partial charge in [-0.25, -0.2) is 0 Å². The van der Waals surface area contributed by atoms with E-state index in [-0.39, 0.29) is 12.5 Å². The second-order valence-corrected chi connectivity index (χ2v) is 17.1. The molecule has 0 saturated heterocycles. The van der Waals surface area contributed by atoms with Crippen molar-refractivity contribution >= 4 is 13.7 Å². The first-order valence-electron chi connectivity index (χ1n) is 21.5. The number of phosphoric ester groups is 1. The fourth-order valence-corrected chi connectivity index (χ4v) is 6.51. The van der Waals surface area contributed by atoms with Crippen molar-refractivity contribution in [1.82, 2.24) is 5.32 Å². The van der Waals surface area contributed by atoms with Crippen LogP contribution in [0.2, 0.25) is 0 Å². The van der Waals surface area contributed by atoms with E-state index >= 15 is 0 Å². The topological polar surface area (TPSA) is 108 Å². The van der Waals surface area contributed by atoms with Gasteiger partial charge in [0.15, 0.2) is 0 Å². The molecule has 8 nitrogen and oxygen atoms in total. The SMILES string of the molecule is CCCCCC/C=C\C/C=C\CCCCCCCCCC(=O)NC(COP(=O)([O-])OCC[N+](C)(C)C)C(O)/C=C/CC/C=C/CCCCCCCCC. The fourth-order valence-electron chi connectivity index (χ4n) is 5.78. The first-order chi connectivity index (χ1) is 25.5. The molecule has 0 rings (SSSR count). The first kappa shape index (κ1) is 51.5. The lowest BCUT2D eigenvalue weighted by Gasteiger charge is -2.29. The predicted octanol–water partition coefficient (Wildman–Crippen LogP) is 11.1. The minimum atomic E-state index is -4.59. The molecular formula is C44H83N2O6P. The Morgan fingerprint density at radius 2 is 1.11 bits per heavy atom. The van der Waals surface area contributed by atoms with Gasteiger partial charge in [0.05, 0.1) is 39.9 Å². The summed E-state index contributed by atoms with van der Waals surface area (Å²) < 4.78 is 23.1. The lowest BCUT2D eigenvalue weighted by Crippen LogP contribution is -2.45. The smallest absolute Gasteiger partial charge is 0.268 e. The summed E-state index contributed by atoms with van der Waals surface area (Å²) in [4.78, 5) is 25.2. The number of aliphatic hydroxyl groups is 1. The summed E-state index contributed by atoms with van der Waals surface area (Å²) in [6, 6.07) is -0.906. The number of hydrogen-bond donors (Lipinski definition) is 2. The number of rotatable bonds is 38. The molecule has 310 valence electrons. The maximum absolute atomic E-state index is 12.8. The van der Waals surface area contributed by atoms with Crippen molar-refractivity contribution in [3.8, 4) is 0 Å². The van der Waals surface area contributed by atoms with Crippen molar-refractivity contribution in [2.24, 2.45) is 0 Å². The Labute approximate surface area is 327 Å². The maximum atomic E-state index is 12.8. The number of nitrogens with zero attached hydrogens (tertiary/aromatic N) is 1. The molecule has 0 aromatic rings. The van der Waals surface area contributed by atoms with E-state index in [1.54, 1.807) is 6.08 Å². The molecule has 3 atom stereocenters. The van der Waals surface area contributed by atoms with E-state index in [0.29, 0.717) is 17.4 Å². The summed E-state index contributed by atoms with van der Waals surface area (Å²) in [5.74, 6) is -0.218. The molecular weight excluding hydrogens is 683 g/mol. The highest BCUT2D eigenvalue weighted by molar-refractivity contribution is 7.45. The first-order valence-corrected chi connectivity index (χ1v) is 23.0. The minimum absolute atomic E-state index is 0.00947. The van der Waals surface area contributed by atoms with Gasteiger partial charge in [-0.3, -0.25) is 9.36 Å². The Kier molecular flexibility index (Phi) is 35.1. The molecule has 0 aliphatic heterocycles. The van der Waals surface area contributed by atoms with Gasteiger partial charge >= 0.3 is 0 Å². The van der Waals surface area contributed by atoms with Crippen LogP contribution in [0, 0.1) is 0 Å². The molecule has 0 saturated carbocycles. The number of carbonyl (C=O) groups is 1. The lowest BCUT2D eigenvalue weighted by atomic mass is 10.1. The average Bonchev–Trinajstić information content (AvgIpc) is 3.10. The normalized spacial score (nSPS) is 14.9. The Balaban J connectivity index is 4.49. The van der Waals surface area contributed by atoms with Gasteiger partial charge in [-0.1, -0.05) is 152 Å². The van der Waals surface area contributed by atoms with E-state index in [0.717, 1.165) is 57.8 Å². The number of hydrogen-bond acceptors (Lipinski definition) is 6. The summed E-state index contributed by atoms with van der Waals surface area (Å²) in [5.41, 5.74) is 0. The largest absolute Gasteiger partial charge is 0.756 e. The summed E-state index contributed by atoms with van der Waals surface area (Å²) >= 11 is 0. The van der Waals surface area contributed by atoms with Gasteiger partial charge in [0.25, 0.3) is 7.82 Å². The monoisotopic (exact) mass is 767 g/mol. The Hall–Kier alpha value is -1.54. The maximum Gasteiger partial charge on any atom is 0.268 e. The van der Waals surface area contributed by atoms with Gasteiger partial charge in [0.2, 0.25) is 5.91 Å². The number of phosphoric acid groups is 1. The van der Waals surface area contributed by atoms with E-state index in [4.69, 9.17) is 9.05 Å². The van der Waals surface area contributed by atoms with Crippen LogP contribution in [0.25, 0.3) is 0 Å². The van der Waals surface area contributed by atoms with Crippen molar-refractivity contribution in [3.05, 3.63) is 48.6 Å². The second kappa shape index (κ2) is 36.1.